The van der Waals surface area contributed by atoms with Crippen molar-refractivity contribution in [2.75, 3.05) is 0 Å². The van der Waals surface area contributed by atoms with E-state index in [-0.39, 0.29) is 11.3 Å². The third-order valence-corrected chi connectivity index (χ3v) is 4.55. The largest absolute Gasteiger partial charge is 0.313 e. The second-order valence-corrected chi connectivity index (χ2v) is 8.09. The van der Waals surface area contributed by atoms with Gasteiger partial charge in [0.05, 0.1) is 9.20 Å². The van der Waals surface area contributed by atoms with E-state index in [1.54, 1.807) is 0 Å². The maximum absolute atomic E-state index is 12.0. The molecule has 3 nitrogen and oxygen atoms in total. The summed E-state index contributed by atoms with van der Waals surface area (Å²) in [6, 6.07) is 8.18. The quantitative estimate of drug-likeness (QED) is 0.941. The van der Waals surface area contributed by atoms with Crippen LogP contribution in [0.25, 0.3) is 12.2 Å². The van der Waals surface area contributed by atoms with Gasteiger partial charge in [0.25, 0.3) is 5.56 Å². The number of carbonyl (C=O) groups is 1. The number of thiazole rings is 1. The molecule has 1 aromatic heterocycles. The summed E-state index contributed by atoms with van der Waals surface area (Å²) in [5.41, 5.74) is 1.65. The van der Waals surface area contributed by atoms with Crippen LogP contribution in [-0.2, 0) is 4.79 Å². The van der Waals surface area contributed by atoms with Gasteiger partial charge in [-0.2, -0.15) is 0 Å². The first kappa shape index (κ1) is 17.4. The molecule has 122 valence electrons. The zero-order valence-corrected chi connectivity index (χ0v) is 15.1. The topological polar surface area (TPSA) is 49.9 Å². The average molecular weight is 329 g/mol. The average Bonchev–Trinajstić information content (AvgIpc) is 2.78. The zero-order chi connectivity index (χ0) is 17.2. The Labute approximate surface area is 140 Å². The number of rotatable bonds is 3. The number of hydrogen-bond acceptors (Lipinski definition) is 3. The van der Waals surface area contributed by atoms with Crippen LogP contribution >= 0.6 is 11.3 Å². The zero-order valence-electron chi connectivity index (χ0n) is 14.3. The summed E-state index contributed by atoms with van der Waals surface area (Å²) in [4.78, 5) is 26.8. The van der Waals surface area contributed by atoms with E-state index in [4.69, 9.17) is 0 Å². The molecule has 0 unspecified atom stereocenters. The minimum absolute atomic E-state index is 0.00263. The molecule has 0 atom stereocenters. The SMILES string of the molecule is CC(C)c1ccc(/C=c2\s/c(=C\C(=O)C(C)(C)C)[nH]c2=O)cc1. The first-order valence-corrected chi connectivity index (χ1v) is 8.55. The molecule has 0 aliphatic heterocycles. The highest BCUT2D eigenvalue weighted by molar-refractivity contribution is 7.07. The predicted octanol–water partition coefficient (Wildman–Crippen LogP) is 2.78. The second kappa shape index (κ2) is 6.67. The standard InChI is InChI=1S/C19H23NO2S/c1-12(2)14-8-6-13(7-9-14)10-15-18(22)20-17(23-15)11-16(21)19(3,4)5/h6-12H,1-5H3,(H,20,22)/b15-10-,17-11-. The fraction of sp³-hybridized carbons (Fsp3) is 0.368. The molecule has 2 aromatic rings. The molecule has 0 amide bonds. The molecule has 1 N–H and O–H groups in total. The minimum atomic E-state index is -0.447. The molecule has 23 heavy (non-hydrogen) atoms. The molecule has 0 saturated heterocycles. The number of hydrogen-bond donors (Lipinski definition) is 1. The summed E-state index contributed by atoms with van der Waals surface area (Å²) >= 11 is 1.31. The van der Waals surface area contributed by atoms with Crippen LogP contribution in [0.4, 0.5) is 0 Å². The van der Waals surface area contributed by atoms with E-state index in [0.29, 0.717) is 15.1 Å². The van der Waals surface area contributed by atoms with Gasteiger partial charge >= 0.3 is 0 Å². The van der Waals surface area contributed by atoms with Crippen molar-refractivity contribution < 1.29 is 4.79 Å². The highest BCUT2D eigenvalue weighted by atomic mass is 32.1. The van der Waals surface area contributed by atoms with Crippen molar-refractivity contribution in [1.82, 2.24) is 4.98 Å². The number of Topliss-reactive ketones (excluding diaryl/α,β-unsaturated/α-hetero) is 1. The third-order valence-electron chi connectivity index (χ3n) is 3.58. The Kier molecular flexibility index (Phi) is 5.05. The molecule has 0 aliphatic carbocycles. The number of benzene rings is 1. The Bertz CT molecular complexity index is 862. The first-order chi connectivity index (χ1) is 10.7. The number of H-pyrrole nitrogens is 1. The molecule has 0 spiro atoms. The molecule has 0 bridgehead atoms. The van der Waals surface area contributed by atoms with E-state index in [1.807, 2.05) is 39.0 Å². The summed E-state index contributed by atoms with van der Waals surface area (Å²) in [7, 11) is 0. The molecule has 1 aromatic carbocycles. The van der Waals surface area contributed by atoms with Gasteiger partial charge in [0.15, 0.2) is 5.78 Å². The normalized spacial score (nSPS) is 13.8. The van der Waals surface area contributed by atoms with E-state index in [1.165, 1.54) is 23.0 Å². The molecule has 0 aliphatic rings. The van der Waals surface area contributed by atoms with Crippen LogP contribution in [0.15, 0.2) is 29.1 Å². The van der Waals surface area contributed by atoms with Crippen molar-refractivity contribution in [3.05, 3.63) is 54.9 Å². The van der Waals surface area contributed by atoms with E-state index in [2.05, 4.69) is 31.0 Å². The van der Waals surface area contributed by atoms with Crippen LogP contribution in [-0.4, -0.2) is 10.8 Å². The summed E-state index contributed by atoms with van der Waals surface area (Å²) in [6.07, 6.45) is 3.37. The highest BCUT2D eigenvalue weighted by Crippen LogP contribution is 2.15. The van der Waals surface area contributed by atoms with E-state index in [9.17, 15) is 9.59 Å². The molecular formula is C19H23NO2S. The Balaban J connectivity index is 2.40. The highest BCUT2D eigenvalue weighted by Gasteiger charge is 2.18. The lowest BCUT2D eigenvalue weighted by Gasteiger charge is -2.12. The van der Waals surface area contributed by atoms with Crippen molar-refractivity contribution in [3.63, 3.8) is 0 Å². The molecule has 0 radical (unpaired) electrons. The van der Waals surface area contributed by atoms with E-state index in [0.717, 1.165) is 5.56 Å². The maximum atomic E-state index is 12.0. The van der Waals surface area contributed by atoms with Crippen LogP contribution in [0, 0.1) is 5.41 Å². The Morgan fingerprint density at radius 2 is 1.78 bits per heavy atom. The number of nitrogens with one attached hydrogen (secondary N) is 1. The third kappa shape index (κ3) is 4.52. The lowest BCUT2D eigenvalue weighted by molar-refractivity contribution is -0.119. The van der Waals surface area contributed by atoms with Crippen LogP contribution in [0.1, 0.15) is 51.7 Å². The lowest BCUT2D eigenvalue weighted by Crippen LogP contribution is -2.22. The summed E-state index contributed by atoms with van der Waals surface area (Å²) in [6.45, 7) is 9.89. The number of aromatic nitrogens is 1. The number of ketones is 1. The Morgan fingerprint density at radius 1 is 1.17 bits per heavy atom. The molecule has 0 saturated carbocycles. The van der Waals surface area contributed by atoms with Crippen LogP contribution in [0.5, 0.6) is 0 Å². The summed E-state index contributed by atoms with van der Waals surface area (Å²) in [5.74, 6) is 0.488. The smallest absolute Gasteiger partial charge is 0.266 e. The van der Waals surface area contributed by atoms with Gasteiger partial charge in [0, 0.05) is 11.5 Å². The van der Waals surface area contributed by atoms with Crippen molar-refractivity contribution in [2.45, 2.75) is 40.5 Å². The van der Waals surface area contributed by atoms with Crippen molar-refractivity contribution in [2.24, 2.45) is 5.41 Å². The van der Waals surface area contributed by atoms with Crippen molar-refractivity contribution in [1.29, 1.82) is 0 Å². The van der Waals surface area contributed by atoms with Gasteiger partial charge in [-0.1, -0.05) is 58.9 Å². The van der Waals surface area contributed by atoms with E-state index >= 15 is 0 Å². The molecule has 2 rings (SSSR count). The molecular weight excluding hydrogens is 306 g/mol. The second-order valence-electron chi connectivity index (χ2n) is 7.01. The summed E-state index contributed by atoms with van der Waals surface area (Å²) < 4.78 is 1.20. The fourth-order valence-electron chi connectivity index (χ4n) is 1.99. The van der Waals surface area contributed by atoms with Crippen molar-refractivity contribution in [3.8, 4) is 0 Å². The van der Waals surface area contributed by atoms with Crippen LogP contribution in [0.3, 0.4) is 0 Å². The van der Waals surface area contributed by atoms with Gasteiger partial charge in [-0.15, -0.1) is 11.3 Å². The van der Waals surface area contributed by atoms with Gasteiger partial charge in [-0.05, 0) is 23.1 Å². The van der Waals surface area contributed by atoms with E-state index < -0.39 is 5.41 Å². The Hall–Kier alpha value is -1.94. The van der Waals surface area contributed by atoms with Crippen LogP contribution in [0.2, 0.25) is 0 Å². The monoisotopic (exact) mass is 329 g/mol. The Morgan fingerprint density at radius 3 is 2.30 bits per heavy atom. The van der Waals surface area contributed by atoms with Gasteiger partial charge in [-0.25, -0.2) is 0 Å². The van der Waals surface area contributed by atoms with Gasteiger partial charge in [0.2, 0.25) is 0 Å². The number of aromatic amines is 1. The lowest BCUT2D eigenvalue weighted by atomic mass is 9.91. The number of carbonyl (C=O) groups excluding carboxylic acids is 1. The predicted molar refractivity (Wildman–Crippen MR) is 97.2 cm³/mol. The molecule has 4 heteroatoms. The van der Waals surface area contributed by atoms with Crippen molar-refractivity contribution >= 4 is 29.3 Å². The van der Waals surface area contributed by atoms with Crippen LogP contribution < -0.4 is 14.8 Å². The molecule has 0 fully saturated rings. The van der Waals surface area contributed by atoms with Gasteiger partial charge < -0.3 is 4.98 Å². The first-order valence-electron chi connectivity index (χ1n) is 7.74. The minimum Gasteiger partial charge on any atom is -0.313 e. The molecule has 1 heterocycles. The summed E-state index contributed by atoms with van der Waals surface area (Å²) in [5, 5.41) is 0. The van der Waals surface area contributed by atoms with Gasteiger partial charge in [-0.3, -0.25) is 9.59 Å². The fourth-order valence-corrected chi connectivity index (χ4v) is 2.87. The van der Waals surface area contributed by atoms with Gasteiger partial charge in [0.1, 0.15) is 0 Å². The maximum Gasteiger partial charge on any atom is 0.266 e.